The van der Waals surface area contributed by atoms with Crippen LogP contribution in [0.25, 0.3) is 10.9 Å². The third-order valence-corrected chi connectivity index (χ3v) is 8.92. The SMILES string of the molecule is Nc1cccc(CNC(=O)c2cn(CCCN3C4CCC3CC(CCc3ccccc3)C4)c3ccccc23)c1. The maximum absolute atomic E-state index is 13.2. The number of fused-ring (bicyclic) bond motifs is 3. The number of nitrogens with zero attached hydrogens (tertiary/aromatic N) is 2. The molecule has 2 fully saturated rings. The molecule has 3 N–H and O–H groups in total. The minimum atomic E-state index is -0.0389. The van der Waals surface area contributed by atoms with E-state index in [-0.39, 0.29) is 5.91 Å². The number of carbonyl (C=O) groups excluding carboxylic acids is 1. The molecular formula is C34H40N4O. The van der Waals surface area contributed by atoms with Gasteiger partial charge in [0.2, 0.25) is 0 Å². The number of aryl methyl sites for hydroxylation is 2. The average molecular weight is 521 g/mol. The molecule has 2 saturated heterocycles. The van der Waals surface area contributed by atoms with E-state index in [1.165, 1.54) is 44.1 Å². The predicted octanol–water partition coefficient (Wildman–Crippen LogP) is 6.42. The summed E-state index contributed by atoms with van der Waals surface area (Å²) in [5.74, 6) is 0.823. The predicted molar refractivity (Wildman–Crippen MR) is 160 cm³/mol. The number of rotatable bonds is 10. The van der Waals surface area contributed by atoms with Gasteiger partial charge in [0, 0.05) is 54.5 Å². The molecule has 6 rings (SSSR count). The van der Waals surface area contributed by atoms with Crippen LogP contribution in [-0.4, -0.2) is 34.0 Å². The number of carbonyl (C=O) groups is 1. The van der Waals surface area contributed by atoms with Crippen LogP contribution in [0.3, 0.4) is 0 Å². The lowest BCUT2D eigenvalue weighted by molar-refractivity contribution is 0.0952. The van der Waals surface area contributed by atoms with E-state index in [0.29, 0.717) is 12.2 Å². The van der Waals surface area contributed by atoms with Crippen molar-refractivity contribution >= 4 is 22.5 Å². The number of nitrogens with two attached hydrogens (primary N) is 1. The van der Waals surface area contributed by atoms with E-state index in [1.54, 1.807) is 0 Å². The van der Waals surface area contributed by atoms with Crippen LogP contribution in [0.15, 0.2) is 85.1 Å². The second kappa shape index (κ2) is 11.7. The lowest BCUT2D eigenvalue weighted by atomic mass is 9.86. The summed E-state index contributed by atoms with van der Waals surface area (Å²) in [6, 6.07) is 28.4. The summed E-state index contributed by atoms with van der Waals surface area (Å²) in [6.07, 6.45) is 11.1. The molecule has 0 spiro atoms. The van der Waals surface area contributed by atoms with Crippen molar-refractivity contribution in [2.24, 2.45) is 5.92 Å². The summed E-state index contributed by atoms with van der Waals surface area (Å²) in [7, 11) is 0. The zero-order valence-electron chi connectivity index (χ0n) is 22.8. The highest BCUT2D eigenvalue weighted by atomic mass is 16.1. The molecule has 0 saturated carbocycles. The Morgan fingerprint density at radius 1 is 0.872 bits per heavy atom. The second-order valence-corrected chi connectivity index (χ2v) is 11.5. The van der Waals surface area contributed by atoms with Crippen LogP contribution < -0.4 is 11.1 Å². The Kier molecular flexibility index (Phi) is 7.69. The fraction of sp³-hybridized carbons (Fsp3) is 0.382. The van der Waals surface area contributed by atoms with Gasteiger partial charge in [-0.25, -0.2) is 0 Å². The zero-order chi connectivity index (χ0) is 26.6. The summed E-state index contributed by atoms with van der Waals surface area (Å²) in [6.45, 7) is 2.54. The van der Waals surface area contributed by atoms with Gasteiger partial charge >= 0.3 is 0 Å². The second-order valence-electron chi connectivity index (χ2n) is 11.5. The average Bonchev–Trinajstić information content (AvgIpc) is 3.44. The van der Waals surface area contributed by atoms with E-state index in [1.807, 2.05) is 36.5 Å². The summed E-state index contributed by atoms with van der Waals surface area (Å²) >= 11 is 0. The molecule has 4 aromatic rings. The number of benzene rings is 3. The van der Waals surface area contributed by atoms with Gasteiger partial charge in [-0.2, -0.15) is 0 Å². The minimum absolute atomic E-state index is 0.0389. The summed E-state index contributed by atoms with van der Waals surface area (Å²) < 4.78 is 2.28. The Hall–Kier alpha value is -3.57. The highest BCUT2D eigenvalue weighted by Crippen LogP contribution is 2.40. The maximum atomic E-state index is 13.2. The topological polar surface area (TPSA) is 63.3 Å². The van der Waals surface area contributed by atoms with Gasteiger partial charge in [-0.05, 0) is 80.2 Å². The molecule has 39 heavy (non-hydrogen) atoms. The number of piperidine rings is 1. The molecule has 2 bridgehead atoms. The maximum Gasteiger partial charge on any atom is 0.253 e. The lowest BCUT2D eigenvalue weighted by Crippen LogP contribution is -2.43. The molecule has 3 aromatic carbocycles. The van der Waals surface area contributed by atoms with Crippen molar-refractivity contribution in [2.45, 2.75) is 70.1 Å². The van der Waals surface area contributed by atoms with Crippen molar-refractivity contribution in [3.63, 3.8) is 0 Å². The molecule has 0 aliphatic carbocycles. The largest absolute Gasteiger partial charge is 0.399 e. The fourth-order valence-electron chi connectivity index (χ4n) is 7.02. The Morgan fingerprint density at radius 3 is 2.41 bits per heavy atom. The van der Waals surface area contributed by atoms with Crippen LogP contribution in [0.5, 0.6) is 0 Å². The number of para-hydroxylation sites is 1. The molecule has 202 valence electrons. The fourth-order valence-corrected chi connectivity index (χ4v) is 7.02. The highest BCUT2D eigenvalue weighted by Gasteiger charge is 2.39. The number of anilines is 1. The molecule has 5 heteroatoms. The smallest absolute Gasteiger partial charge is 0.253 e. The van der Waals surface area contributed by atoms with Gasteiger partial charge in [0.05, 0.1) is 5.56 Å². The molecule has 0 radical (unpaired) electrons. The number of hydrogen-bond acceptors (Lipinski definition) is 3. The molecule has 2 unspecified atom stereocenters. The summed E-state index contributed by atoms with van der Waals surface area (Å²) in [5, 5.41) is 4.10. The Morgan fingerprint density at radius 2 is 1.62 bits per heavy atom. The highest BCUT2D eigenvalue weighted by molar-refractivity contribution is 6.07. The first-order valence-corrected chi connectivity index (χ1v) is 14.6. The zero-order valence-corrected chi connectivity index (χ0v) is 22.8. The van der Waals surface area contributed by atoms with Crippen LogP contribution in [0.1, 0.15) is 60.0 Å². The summed E-state index contributed by atoms with van der Waals surface area (Å²) in [4.78, 5) is 16.0. The van der Waals surface area contributed by atoms with Crippen molar-refractivity contribution in [3.8, 4) is 0 Å². The van der Waals surface area contributed by atoms with E-state index in [2.05, 4.69) is 63.3 Å². The van der Waals surface area contributed by atoms with Gasteiger partial charge in [-0.15, -0.1) is 0 Å². The molecule has 2 atom stereocenters. The number of nitrogens with one attached hydrogen (secondary N) is 1. The third kappa shape index (κ3) is 5.89. The van der Waals surface area contributed by atoms with Crippen molar-refractivity contribution in [2.75, 3.05) is 12.3 Å². The molecule has 2 aliphatic rings. The van der Waals surface area contributed by atoms with Crippen molar-refractivity contribution in [1.82, 2.24) is 14.8 Å². The van der Waals surface area contributed by atoms with Crippen LogP contribution in [-0.2, 0) is 19.5 Å². The van der Waals surface area contributed by atoms with Crippen LogP contribution in [0, 0.1) is 5.92 Å². The summed E-state index contributed by atoms with van der Waals surface area (Å²) in [5.41, 5.74) is 11.0. The third-order valence-electron chi connectivity index (χ3n) is 8.92. The first-order valence-electron chi connectivity index (χ1n) is 14.6. The van der Waals surface area contributed by atoms with Crippen LogP contribution in [0.4, 0.5) is 5.69 Å². The molecule has 1 amide bonds. The monoisotopic (exact) mass is 520 g/mol. The van der Waals surface area contributed by atoms with E-state index in [9.17, 15) is 4.79 Å². The number of aromatic nitrogens is 1. The van der Waals surface area contributed by atoms with Crippen LogP contribution in [0.2, 0.25) is 0 Å². The molecule has 3 heterocycles. The lowest BCUT2D eigenvalue weighted by Gasteiger charge is -2.39. The van der Waals surface area contributed by atoms with Gasteiger partial charge < -0.3 is 15.6 Å². The van der Waals surface area contributed by atoms with Gasteiger partial charge in [-0.3, -0.25) is 9.69 Å². The van der Waals surface area contributed by atoms with Gasteiger partial charge in [0.1, 0.15) is 0 Å². The number of amides is 1. The molecule has 1 aromatic heterocycles. The Balaban J connectivity index is 1.05. The van der Waals surface area contributed by atoms with E-state index >= 15 is 0 Å². The van der Waals surface area contributed by atoms with E-state index < -0.39 is 0 Å². The number of hydrogen-bond donors (Lipinski definition) is 2. The molecule has 5 nitrogen and oxygen atoms in total. The van der Waals surface area contributed by atoms with Crippen molar-refractivity contribution < 1.29 is 4.79 Å². The molecular weight excluding hydrogens is 480 g/mol. The van der Waals surface area contributed by atoms with Gasteiger partial charge in [0.25, 0.3) is 5.91 Å². The van der Waals surface area contributed by atoms with Crippen molar-refractivity contribution in [1.29, 1.82) is 0 Å². The van der Waals surface area contributed by atoms with E-state index in [0.717, 1.165) is 59.5 Å². The first-order chi connectivity index (χ1) is 19.1. The Bertz CT molecular complexity index is 1400. The minimum Gasteiger partial charge on any atom is -0.399 e. The first kappa shape index (κ1) is 25.7. The van der Waals surface area contributed by atoms with E-state index in [4.69, 9.17) is 5.73 Å². The van der Waals surface area contributed by atoms with Crippen LogP contribution >= 0.6 is 0 Å². The standard InChI is InChI=1S/C34H40N4O/c35-28-11-6-10-27(20-28)23-36-34(39)32-24-37(33-13-5-4-12-31(32)33)18-7-19-38-29-16-17-30(38)22-26(21-29)15-14-25-8-2-1-3-9-25/h1-6,8-13,20,24,26,29-30H,7,14-19,21-23,35H2,(H,36,39). The normalized spacial score (nSPS) is 20.9. The number of nitrogen functional groups attached to an aromatic ring is 1. The van der Waals surface area contributed by atoms with Crippen molar-refractivity contribution in [3.05, 3.63) is 102 Å². The Labute approximate surface area is 232 Å². The van der Waals surface area contributed by atoms with Gasteiger partial charge in [-0.1, -0.05) is 60.7 Å². The quantitative estimate of drug-likeness (QED) is 0.237. The van der Waals surface area contributed by atoms with Gasteiger partial charge in [0.15, 0.2) is 0 Å². The molecule has 2 aliphatic heterocycles.